The molecule has 0 amide bonds. The summed E-state index contributed by atoms with van der Waals surface area (Å²) in [5, 5.41) is 0. The lowest BCUT2D eigenvalue weighted by Gasteiger charge is -2.15. The monoisotopic (exact) mass is 529 g/mol. The highest BCUT2D eigenvalue weighted by atomic mass is 32.1. The van der Waals surface area contributed by atoms with Crippen molar-refractivity contribution in [3.63, 3.8) is 0 Å². The van der Waals surface area contributed by atoms with E-state index in [1.807, 2.05) is 31.2 Å². The minimum Gasteiger partial charge on any atom is -0.300 e. The van der Waals surface area contributed by atoms with Gasteiger partial charge in [-0.05, 0) is 66.5 Å². The fourth-order valence-corrected chi connectivity index (χ4v) is 3.99. The van der Waals surface area contributed by atoms with E-state index in [0.29, 0.717) is 11.8 Å². The van der Waals surface area contributed by atoms with Crippen molar-refractivity contribution in [3.8, 4) is 0 Å². The summed E-state index contributed by atoms with van der Waals surface area (Å²) in [5.41, 5.74) is 6.87. The number of para-hydroxylation sites is 1. The summed E-state index contributed by atoms with van der Waals surface area (Å²) in [4.78, 5) is 16.0. The third-order valence-corrected chi connectivity index (χ3v) is 6.14. The molecule has 0 aliphatic rings. The van der Waals surface area contributed by atoms with E-state index in [1.165, 1.54) is 18.4 Å². The molecule has 0 N–H and O–H groups in total. The predicted molar refractivity (Wildman–Crippen MR) is 171 cm³/mol. The second-order valence-corrected chi connectivity index (χ2v) is 10.6. The van der Waals surface area contributed by atoms with Crippen molar-refractivity contribution in [2.24, 2.45) is 16.8 Å². The molecule has 204 valence electrons. The highest BCUT2D eigenvalue weighted by molar-refractivity contribution is 7.80. The first kappa shape index (κ1) is 33.1. The Hall–Kier alpha value is -2.91. The number of carbonyl (C=O) groups excluding carboxylic acids is 1. The molecule has 0 saturated heterocycles. The summed E-state index contributed by atoms with van der Waals surface area (Å²) in [5.74, 6) is 1.01. The lowest BCUT2D eigenvalue weighted by Crippen LogP contribution is -2.09. The Morgan fingerprint density at radius 1 is 0.842 bits per heavy atom. The molecule has 2 nitrogen and oxygen atoms in total. The number of hydrogen-bond acceptors (Lipinski definition) is 3. The van der Waals surface area contributed by atoms with Crippen molar-refractivity contribution in [2.75, 3.05) is 0 Å². The van der Waals surface area contributed by atoms with Crippen molar-refractivity contribution in [1.29, 1.82) is 0 Å². The largest absolute Gasteiger partial charge is 0.300 e. The number of carbonyl (C=O) groups is 1. The Kier molecular flexibility index (Phi) is 16.0. The molecule has 0 fully saturated rings. The summed E-state index contributed by atoms with van der Waals surface area (Å²) in [7, 11) is 0. The molecule has 0 unspecified atom stereocenters. The van der Waals surface area contributed by atoms with Gasteiger partial charge in [0.25, 0.3) is 0 Å². The van der Waals surface area contributed by atoms with Crippen molar-refractivity contribution in [1.82, 2.24) is 0 Å². The van der Waals surface area contributed by atoms with Crippen LogP contribution in [0.2, 0.25) is 0 Å². The van der Waals surface area contributed by atoms with Gasteiger partial charge in [-0.2, -0.15) is 0 Å². The Morgan fingerprint density at radius 2 is 1.47 bits per heavy atom. The quantitative estimate of drug-likeness (QED) is 0.217. The number of allylic oxidation sites excluding steroid dienone is 1. The average molecular weight is 530 g/mol. The van der Waals surface area contributed by atoms with Crippen LogP contribution in [-0.2, 0) is 11.2 Å². The van der Waals surface area contributed by atoms with E-state index in [2.05, 4.69) is 108 Å². The molecule has 0 radical (unpaired) electrons. The van der Waals surface area contributed by atoms with E-state index in [4.69, 9.17) is 4.99 Å². The van der Waals surface area contributed by atoms with Gasteiger partial charge in [0.15, 0.2) is 0 Å². The van der Waals surface area contributed by atoms with E-state index in [-0.39, 0.29) is 5.78 Å². The van der Waals surface area contributed by atoms with Crippen LogP contribution in [0.25, 0.3) is 5.57 Å². The summed E-state index contributed by atoms with van der Waals surface area (Å²) in [6.07, 6.45) is 4.17. The van der Waals surface area contributed by atoms with Gasteiger partial charge in [-0.1, -0.05) is 115 Å². The number of ketones is 1. The number of benzene rings is 3. The highest BCUT2D eigenvalue weighted by Crippen LogP contribution is 2.31. The minimum atomic E-state index is 0.289. The number of thiol groups is 1. The molecule has 0 saturated carbocycles. The van der Waals surface area contributed by atoms with Gasteiger partial charge in [0.2, 0.25) is 0 Å². The SMILES string of the molecule is C=C(c1ccccc1N=C(c1cccc(S)c1)C(C)C)C(C)C.CCCC(C)=O.CCCc1ccccc1. The predicted octanol–water partition coefficient (Wildman–Crippen LogP) is 10.4. The molecule has 0 aromatic heterocycles. The highest BCUT2D eigenvalue weighted by Gasteiger charge is 2.13. The van der Waals surface area contributed by atoms with Crippen LogP contribution in [0.15, 0.2) is 95.3 Å². The molecule has 0 heterocycles. The zero-order valence-electron chi connectivity index (χ0n) is 24.5. The van der Waals surface area contributed by atoms with Gasteiger partial charge in [-0.25, -0.2) is 0 Å². The second kappa shape index (κ2) is 18.4. The van der Waals surface area contributed by atoms with Crippen LogP contribution in [0.4, 0.5) is 5.69 Å². The molecule has 3 aromatic carbocycles. The first-order valence-corrected chi connectivity index (χ1v) is 14.2. The minimum absolute atomic E-state index is 0.289. The lowest BCUT2D eigenvalue weighted by atomic mass is 9.95. The maximum Gasteiger partial charge on any atom is 0.129 e. The number of nitrogens with zero attached hydrogens (tertiary/aromatic N) is 1. The number of hydrogen-bond donors (Lipinski definition) is 1. The molecule has 0 atom stereocenters. The van der Waals surface area contributed by atoms with Crippen molar-refractivity contribution >= 4 is 35.4 Å². The Morgan fingerprint density at radius 3 is 1.97 bits per heavy atom. The molecule has 3 aromatic rings. The van der Waals surface area contributed by atoms with Crippen LogP contribution in [0.5, 0.6) is 0 Å². The van der Waals surface area contributed by atoms with Crippen molar-refractivity contribution in [2.45, 2.75) is 79.0 Å². The van der Waals surface area contributed by atoms with Gasteiger partial charge in [0.05, 0.1) is 11.4 Å². The Bertz CT molecular complexity index is 1150. The van der Waals surface area contributed by atoms with Crippen LogP contribution in [0.1, 0.15) is 84.4 Å². The summed E-state index contributed by atoms with van der Waals surface area (Å²) < 4.78 is 0. The molecule has 0 bridgehead atoms. The molecule has 0 aliphatic heterocycles. The zero-order chi connectivity index (χ0) is 28.5. The lowest BCUT2D eigenvalue weighted by molar-refractivity contribution is -0.117. The number of Topliss-reactive ketones (excluding diaryl/α,β-unsaturated/α-hetero) is 1. The van der Waals surface area contributed by atoms with E-state index in [9.17, 15) is 4.79 Å². The van der Waals surface area contributed by atoms with Crippen LogP contribution in [0, 0.1) is 11.8 Å². The number of aryl methyl sites for hydroxylation is 1. The van der Waals surface area contributed by atoms with Crippen molar-refractivity contribution < 1.29 is 4.79 Å². The van der Waals surface area contributed by atoms with E-state index in [0.717, 1.165) is 45.8 Å². The fourth-order valence-electron chi connectivity index (χ4n) is 3.76. The van der Waals surface area contributed by atoms with Crippen LogP contribution < -0.4 is 0 Å². The van der Waals surface area contributed by atoms with Crippen LogP contribution in [0.3, 0.4) is 0 Å². The smallest absolute Gasteiger partial charge is 0.129 e. The summed E-state index contributed by atoms with van der Waals surface area (Å²) in [6, 6.07) is 27.0. The molecule has 3 heteroatoms. The zero-order valence-corrected chi connectivity index (χ0v) is 25.4. The van der Waals surface area contributed by atoms with E-state index >= 15 is 0 Å². The van der Waals surface area contributed by atoms with Gasteiger partial charge < -0.3 is 4.79 Å². The molecule has 0 aliphatic carbocycles. The molecule has 0 spiro atoms. The standard InChI is InChI=1S/C21H25NS.C9H12.C5H10O/c1-14(2)16(5)19-11-6-7-12-20(19)22-21(15(3)4)17-9-8-10-18(23)13-17;1-2-6-9-7-4-3-5-8-9;1-3-4-5(2)6/h6-15,23H,5H2,1-4H3;3-5,7-8H,2,6H2,1H3;3-4H2,1-2H3. The Labute approximate surface area is 237 Å². The fraction of sp³-hybridized carbons (Fsp3) is 0.371. The summed E-state index contributed by atoms with van der Waals surface area (Å²) in [6.45, 7) is 18.7. The third kappa shape index (κ3) is 12.6. The molecular weight excluding hydrogens is 482 g/mol. The van der Waals surface area contributed by atoms with E-state index in [1.54, 1.807) is 6.92 Å². The van der Waals surface area contributed by atoms with Crippen LogP contribution in [-0.4, -0.2) is 11.5 Å². The second-order valence-electron chi connectivity index (χ2n) is 10.1. The first-order chi connectivity index (χ1) is 18.1. The first-order valence-electron chi connectivity index (χ1n) is 13.8. The van der Waals surface area contributed by atoms with E-state index < -0.39 is 0 Å². The van der Waals surface area contributed by atoms with Gasteiger partial charge in [0.1, 0.15) is 5.78 Å². The Balaban J connectivity index is 0.000000393. The van der Waals surface area contributed by atoms with Gasteiger partial charge in [-0.15, -0.1) is 12.6 Å². The number of rotatable bonds is 9. The average Bonchev–Trinajstić information content (AvgIpc) is 2.88. The van der Waals surface area contributed by atoms with Crippen LogP contribution >= 0.6 is 12.6 Å². The molecular formula is C35H47NOS. The topological polar surface area (TPSA) is 29.4 Å². The normalized spacial score (nSPS) is 10.8. The van der Waals surface area contributed by atoms with Gasteiger partial charge in [-0.3, -0.25) is 4.99 Å². The number of aliphatic imine (C=N–C) groups is 1. The maximum absolute atomic E-state index is 10.0. The van der Waals surface area contributed by atoms with Crippen molar-refractivity contribution in [3.05, 3.63) is 102 Å². The maximum atomic E-state index is 10.0. The third-order valence-electron chi connectivity index (χ3n) is 5.86. The van der Waals surface area contributed by atoms with Gasteiger partial charge in [0, 0.05) is 16.9 Å². The molecule has 38 heavy (non-hydrogen) atoms. The summed E-state index contributed by atoms with van der Waals surface area (Å²) >= 11 is 4.45. The molecule has 3 rings (SSSR count). The van der Waals surface area contributed by atoms with Gasteiger partial charge >= 0.3 is 0 Å².